The fourth-order valence-corrected chi connectivity index (χ4v) is 2.68. The molecule has 22 heavy (non-hydrogen) atoms. The minimum absolute atomic E-state index is 0.653. The molecule has 0 radical (unpaired) electrons. The molecule has 2 aromatic carbocycles. The Hall–Kier alpha value is -2.29. The number of hydrogen-bond donors (Lipinski definition) is 0. The predicted molar refractivity (Wildman–Crippen MR) is 90.4 cm³/mol. The summed E-state index contributed by atoms with van der Waals surface area (Å²) in [6.07, 6.45) is 2.10. The van der Waals surface area contributed by atoms with Crippen molar-refractivity contribution < 1.29 is 4.74 Å². The van der Waals surface area contributed by atoms with Crippen LogP contribution in [0.2, 0.25) is 0 Å². The number of benzene rings is 2. The van der Waals surface area contributed by atoms with Crippen LogP contribution in [0.15, 0.2) is 48.5 Å². The van der Waals surface area contributed by atoms with E-state index in [4.69, 9.17) is 9.72 Å². The Balaban J connectivity index is 1.74. The van der Waals surface area contributed by atoms with Crippen LogP contribution in [-0.2, 0) is 13.0 Å². The second kappa shape index (κ2) is 6.65. The van der Waals surface area contributed by atoms with Crippen molar-refractivity contribution in [3.63, 3.8) is 0 Å². The average Bonchev–Trinajstić information content (AvgIpc) is 2.88. The van der Waals surface area contributed by atoms with Gasteiger partial charge in [0.25, 0.3) is 0 Å². The first-order valence-corrected chi connectivity index (χ1v) is 7.91. The first-order chi connectivity index (χ1) is 10.8. The molecule has 0 N–H and O–H groups in total. The number of aromatic nitrogens is 2. The number of hydrogen-bond acceptors (Lipinski definition) is 2. The van der Waals surface area contributed by atoms with Crippen molar-refractivity contribution in [1.29, 1.82) is 0 Å². The molecule has 0 aliphatic rings. The lowest BCUT2D eigenvalue weighted by molar-refractivity contribution is 0.298. The van der Waals surface area contributed by atoms with E-state index in [9.17, 15) is 0 Å². The summed E-state index contributed by atoms with van der Waals surface area (Å²) < 4.78 is 8.15. The standard InChI is InChI=1S/C19H22N2O/c1-3-6-19-20-17-7-4-5-8-18(17)21(19)13-14-22-16-11-9-15(2)10-12-16/h4-5,7-12H,3,6,13-14H2,1-2H3. The van der Waals surface area contributed by atoms with Crippen LogP contribution in [0.3, 0.4) is 0 Å². The molecule has 0 atom stereocenters. The fraction of sp³-hybridized carbons (Fsp3) is 0.316. The molecule has 0 saturated carbocycles. The maximum absolute atomic E-state index is 5.87. The largest absolute Gasteiger partial charge is 0.492 e. The highest BCUT2D eigenvalue weighted by atomic mass is 16.5. The van der Waals surface area contributed by atoms with Gasteiger partial charge in [-0.25, -0.2) is 4.98 Å². The topological polar surface area (TPSA) is 27.1 Å². The Kier molecular flexibility index (Phi) is 4.42. The highest BCUT2D eigenvalue weighted by Gasteiger charge is 2.09. The third-order valence-electron chi connectivity index (χ3n) is 3.81. The summed E-state index contributed by atoms with van der Waals surface area (Å²) in [5.41, 5.74) is 3.51. The van der Waals surface area contributed by atoms with Gasteiger partial charge in [0, 0.05) is 6.42 Å². The Labute approximate surface area is 131 Å². The van der Waals surface area contributed by atoms with E-state index in [0.29, 0.717) is 6.61 Å². The summed E-state index contributed by atoms with van der Waals surface area (Å²) >= 11 is 0. The summed E-state index contributed by atoms with van der Waals surface area (Å²) in [5.74, 6) is 2.07. The first-order valence-electron chi connectivity index (χ1n) is 7.91. The van der Waals surface area contributed by atoms with Crippen molar-refractivity contribution in [3.05, 3.63) is 59.9 Å². The molecule has 0 spiro atoms. The summed E-state index contributed by atoms with van der Waals surface area (Å²) in [5, 5.41) is 0. The molecule has 3 rings (SSSR count). The molecule has 1 aromatic heterocycles. The summed E-state index contributed by atoms with van der Waals surface area (Å²) in [6.45, 7) is 5.74. The van der Waals surface area contributed by atoms with Gasteiger partial charge in [0.2, 0.25) is 0 Å². The molecule has 0 unspecified atom stereocenters. The van der Waals surface area contributed by atoms with E-state index in [-0.39, 0.29) is 0 Å². The predicted octanol–water partition coefficient (Wildman–Crippen LogP) is 4.38. The lowest BCUT2D eigenvalue weighted by Crippen LogP contribution is -2.11. The fourth-order valence-electron chi connectivity index (χ4n) is 2.68. The molecular formula is C19H22N2O. The molecule has 3 nitrogen and oxygen atoms in total. The van der Waals surface area contributed by atoms with E-state index in [1.165, 1.54) is 11.1 Å². The molecule has 0 aliphatic heterocycles. The highest BCUT2D eigenvalue weighted by molar-refractivity contribution is 5.75. The van der Waals surface area contributed by atoms with Crippen molar-refractivity contribution in [2.75, 3.05) is 6.61 Å². The minimum atomic E-state index is 0.653. The van der Waals surface area contributed by atoms with Crippen LogP contribution in [0.4, 0.5) is 0 Å². The molecule has 0 aliphatic carbocycles. The number of ether oxygens (including phenoxy) is 1. The Morgan fingerprint density at radius 2 is 1.82 bits per heavy atom. The van der Waals surface area contributed by atoms with Gasteiger partial charge in [-0.15, -0.1) is 0 Å². The Morgan fingerprint density at radius 3 is 2.59 bits per heavy atom. The lowest BCUT2D eigenvalue weighted by atomic mass is 10.2. The van der Waals surface area contributed by atoms with Crippen molar-refractivity contribution in [1.82, 2.24) is 9.55 Å². The van der Waals surface area contributed by atoms with E-state index in [1.807, 2.05) is 18.2 Å². The smallest absolute Gasteiger partial charge is 0.119 e. The average molecular weight is 294 g/mol. The maximum atomic E-state index is 5.87. The van der Waals surface area contributed by atoms with Crippen LogP contribution in [0.5, 0.6) is 5.75 Å². The molecule has 114 valence electrons. The van der Waals surface area contributed by atoms with Gasteiger partial charge in [0.1, 0.15) is 18.2 Å². The maximum Gasteiger partial charge on any atom is 0.119 e. The van der Waals surface area contributed by atoms with Crippen LogP contribution < -0.4 is 4.74 Å². The van der Waals surface area contributed by atoms with Gasteiger partial charge < -0.3 is 9.30 Å². The number of fused-ring (bicyclic) bond motifs is 1. The minimum Gasteiger partial charge on any atom is -0.492 e. The normalized spacial score (nSPS) is 11.0. The van der Waals surface area contributed by atoms with Gasteiger partial charge in [-0.2, -0.15) is 0 Å². The van der Waals surface area contributed by atoms with E-state index >= 15 is 0 Å². The zero-order valence-electron chi connectivity index (χ0n) is 13.2. The second-order valence-electron chi connectivity index (χ2n) is 5.58. The zero-order chi connectivity index (χ0) is 15.4. The number of rotatable bonds is 6. The SMILES string of the molecule is CCCc1nc2ccccc2n1CCOc1ccc(C)cc1. The van der Waals surface area contributed by atoms with Gasteiger partial charge >= 0.3 is 0 Å². The highest BCUT2D eigenvalue weighted by Crippen LogP contribution is 2.18. The van der Waals surface area contributed by atoms with E-state index in [1.54, 1.807) is 0 Å². The van der Waals surface area contributed by atoms with Crippen LogP contribution in [-0.4, -0.2) is 16.2 Å². The summed E-state index contributed by atoms with van der Waals surface area (Å²) in [6, 6.07) is 16.5. The summed E-state index contributed by atoms with van der Waals surface area (Å²) in [7, 11) is 0. The van der Waals surface area contributed by atoms with Gasteiger partial charge in [-0.1, -0.05) is 36.8 Å². The molecular weight excluding hydrogens is 272 g/mol. The lowest BCUT2D eigenvalue weighted by Gasteiger charge is -2.10. The first kappa shape index (κ1) is 14.6. The van der Waals surface area contributed by atoms with Gasteiger partial charge in [-0.05, 0) is 37.6 Å². The second-order valence-corrected chi connectivity index (χ2v) is 5.58. The number of nitrogens with zero attached hydrogens (tertiary/aromatic N) is 2. The van der Waals surface area contributed by atoms with Crippen molar-refractivity contribution in [2.24, 2.45) is 0 Å². The molecule has 0 fully saturated rings. The van der Waals surface area contributed by atoms with Gasteiger partial charge in [0.15, 0.2) is 0 Å². The third kappa shape index (κ3) is 3.14. The molecule has 0 amide bonds. The van der Waals surface area contributed by atoms with Crippen LogP contribution in [0.25, 0.3) is 11.0 Å². The van der Waals surface area contributed by atoms with E-state index < -0.39 is 0 Å². The van der Waals surface area contributed by atoms with Crippen molar-refractivity contribution in [3.8, 4) is 5.75 Å². The third-order valence-corrected chi connectivity index (χ3v) is 3.81. The van der Waals surface area contributed by atoms with Gasteiger partial charge in [0.05, 0.1) is 17.6 Å². The van der Waals surface area contributed by atoms with E-state index in [0.717, 1.165) is 36.5 Å². The monoisotopic (exact) mass is 294 g/mol. The molecule has 3 aromatic rings. The molecule has 1 heterocycles. The van der Waals surface area contributed by atoms with Crippen LogP contribution in [0.1, 0.15) is 24.7 Å². The number of aryl methyl sites for hydroxylation is 2. The number of imidazole rings is 1. The zero-order valence-corrected chi connectivity index (χ0v) is 13.2. The van der Waals surface area contributed by atoms with Crippen LogP contribution >= 0.6 is 0 Å². The Morgan fingerprint density at radius 1 is 1.05 bits per heavy atom. The molecule has 0 bridgehead atoms. The molecule has 0 saturated heterocycles. The van der Waals surface area contributed by atoms with Gasteiger partial charge in [-0.3, -0.25) is 0 Å². The quantitative estimate of drug-likeness (QED) is 0.674. The van der Waals surface area contributed by atoms with Crippen molar-refractivity contribution in [2.45, 2.75) is 33.2 Å². The Bertz CT molecular complexity index is 744. The number of para-hydroxylation sites is 2. The van der Waals surface area contributed by atoms with E-state index in [2.05, 4.69) is 48.7 Å². The summed E-state index contributed by atoms with van der Waals surface area (Å²) in [4.78, 5) is 4.75. The van der Waals surface area contributed by atoms with Crippen LogP contribution in [0, 0.1) is 6.92 Å². The van der Waals surface area contributed by atoms with Crippen molar-refractivity contribution >= 4 is 11.0 Å². The molecule has 3 heteroatoms.